The van der Waals surface area contributed by atoms with E-state index in [1.807, 2.05) is 38.1 Å². The van der Waals surface area contributed by atoms with Gasteiger partial charge in [0.05, 0.1) is 6.04 Å². The van der Waals surface area contributed by atoms with Gasteiger partial charge in [0.15, 0.2) is 0 Å². The van der Waals surface area contributed by atoms with E-state index in [9.17, 15) is 9.18 Å². The smallest absolute Gasteiger partial charge is 0.246 e. The van der Waals surface area contributed by atoms with E-state index in [4.69, 9.17) is 0 Å². The largest absolute Gasteiger partial charge is 0.335 e. The zero-order chi connectivity index (χ0) is 16.1. The van der Waals surface area contributed by atoms with E-state index >= 15 is 0 Å². The Hall–Kier alpha value is -2.42. The van der Waals surface area contributed by atoms with Gasteiger partial charge in [-0.15, -0.1) is 0 Å². The maximum Gasteiger partial charge on any atom is 0.246 e. The summed E-state index contributed by atoms with van der Waals surface area (Å²) in [7, 11) is 1.75. The molecule has 0 N–H and O–H groups in total. The molecule has 0 bridgehead atoms. The standard InChI is InChI=1S/C19H20FNO/c1-14-4-6-16(7-5-14)8-13-19(22)21(3)15(2)17-9-11-18(20)12-10-17/h4-13,15H,1-3H3/b13-8+. The molecule has 1 atom stereocenters. The molecule has 1 unspecified atom stereocenters. The minimum Gasteiger partial charge on any atom is -0.335 e. The van der Waals surface area contributed by atoms with Gasteiger partial charge in [0.1, 0.15) is 5.82 Å². The van der Waals surface area contributed by atoms with Crippen LogP contribution in [0, 0.1) is 12.7 Å². The van der Waals surface area contributed by atoms with Gasteiger partial charge >= 0.3 is 0 Å². The van der Waals surface area contributed by atoms with Crippen LogP contribution in [-0.2, 0) is 4.79 Å². The fourth-order valence-electron chi connectivity index (χ4n) is 2.12. The average molecular weight is 297 g/mol. The number of hydrogen-bond donors (Lipinski definition) is 0. The van der Waals surface area contributed by atoms with Crippen molar-refractivity contribution in [1.82, 2.24) is 4.90 Å². The molecular weight excluding hydrogens is 277 g/mol. The van der Waals surface area contributed by atoms with Gasteiger partial charge in [0.2, 0.25) is 5.91 Å². The maximum absolute atomic E-state index is 13.0. The van der Waals surface area contributed by atoms with Crippen molar-refractivity contribution in [1.29, 1.82) is 0 Å². The van der Waals surface area contributed by atoms with Crippen molar-refractivity contribution < 1.29 is 9.18 Å². The summed E-state index contributed by atoms with van der Waals surface area (Å²) < 4.78 is 13.0. The minimum atomic E-state index is -0.274. The first-order valence-corrected chi connectivity index (χ1v) is 7.24. The van der Waals surface area contributed by atoms with Gasteiger partial charge in [0, 0.05) is 13.1 Å². The molecule has 0 aromatic heterocycles. The Bertz CT molecular complexity index is 659. The fourth-order valence-corrected chi connectivity index (χ4v) is 2.12. The molecule has 0 saturated heterocycles. The highest BCUT2D eigenvalue weighted by Crippen LogP contribution is 2.19. The van der Waals surface area contributed by atoms with Crippen LogP contribution in [0.4, 0.5) is 4.39 Å². The topological polar surface area (TPSA) is 20.3 Å². The first-order chi connectivity index (χ1) is 10.5. The van der Waals surface area contributed by atoms with Crippen LogP contribution < -0.4 is 0 Å². The summed E-state index contributed by atoms with van der Waals surface area (Å²) in [4.78, 5) is 13.9. The van der Waals surface area contributed by atoms with Gasteiger partial charge in [-0.05, 0) is 43.2 Å². The van der Waals surface area contributed by atoms with Crippen molar-refractivity contribution in [2.24, 2.45) is 0 Å². The van der Waals surface area contributed by atoms with Crippen LogP contribution in [0.2, 0.25) is 0 Å². The monoisotopic (exact) mass is 297 g/mol. The highest BCUT2D eigenvalue weighted by atomic mass is 19.1. The van der Waals surface area contributed by atoms with Gasteiger partial charge in [-0.1, -0.05) is 42.0 Å². The van der Waals surface area contributed by atoms with Crippen molar-refractivity contribution >= 4 is 12.0 Å². The molecule has 22 heavy (non-hydrogen) atoms. The van der Waals surface area contributed by atoms with Crippen molar-refractivity contribution in [3.63, 3.8) is 0 Å². The molecule has 2 aromatic rings. The number of nitrogens with zero attached hydrogens (tertiary/aromatic N) is 1. The summed E-state index contributed by atoms with van der Waals surface area (Å²) in [6.45, 7) is 3.95. The summed E-state index contributed by atoms with van der Waals surface area (Å²) >= 11 is 0. The van der Waals surface area contributed by atoms with E-state index in [0.717, 1.165) is 11.1 Å². The molecule has 0 aliphatic carbocycles. The third-order valence-corrected chi connectivity index (χ3v) is 3.78. The molecular formula is C19H20FNO. The van der Waals surface area contributed by atoms with E-state index in [1.165, 1.54) is 17.7 Å². The first kappa shape index (κ1) is 16.0. The molecule has 2 aromatic carbocycles. The Balaban J connectivity index is 2.04. The van der Waals surface area contributed by atoms with Gasteiger partial charge < -0.3 is 4.90 Å². The van der Waals surface area contributed by atoms with E-state index in [2.05, 4.69) is 0 Å². The van der Waals surface area contributed by atoms with Crippen molar-refractivity contribution in [2.45, 2.75) is 19.9 Å². The second-order valence-electron chi connectivity index (χ2n) is 5.42. The van der Waals surface area contributed by atoms with Crippen molar-refractivity contribution in [3.05, 3.63) is 77.1 Å². The lowest BCUT2D eigenvalue weighted by molar-refractivity contribution is -0.126. The quantitative estimate of drug-likeness (QED) is 0.768. The third-order valence-electron chi connectivity index (χ3n) is 3.78. The highest BCUT2D eigenvalue weighted by molar-refractivity contribution is 5.91. The number of amides is 1. The van der Waals surface area contributed by atoms with Crippen LogP contribution >= 0.6 is 0 Å². The molecule has 0 heterocycles. The summed E-state index contributed by atoms with van der Waals surface area (Å²) in [6, 6.07) is 14.1. The summed E-state index contributed by atoms with van der Waals surface area (Å²) in [5, 5.41) is 0. The lowest BCUT2D eigenvalue weighted by Crippen LogP contribution is -2.27. The second-order valence-corrected chi connectivity index (χ2v) is 5.42. The molecule has 0 aliphatic rings. The van der Waals surface area contributed by atoms with Crippen molar-refractivity contribution in [2.75, 3.05) is 7.05 Å². The normalized spacial score (nSPS) is 12.4. The number of carbonyl (C=O) groups is 1. The number of likely N-dealkylation sites (N-methyl/N-ethyl adjacent to an activating group) is 1. The number of benzene rings is 2. The van der Waals surface area contributed by atoms with Gasteiger partial charge in [-0.25, -0.2) is 4.39 Å². The van der Waals surface area contributed by atoms with Gasteiger partial charge in [-0.2, -0.15) is 0 Å². The van der Waals surface area contributed by atoms with Crippen LogP contribution in [0.25, 0.3) is 6.08 Å². The molecule has 3 heteroatoms. The lowest BCUT2D eigenvalue weighted by atomic mass is 10.1. The molecule has 0 aliphatic heterocycles. The van der Waals surface area contributed by atoms with Gasteiger partial charge in [-0.3, -0.25) is 4.79 Å². The minimum absolute atomic E-state index is 0.0857. The van der Waals surface area contributed by atoms with E-state index < -0.39 is 0 Å². The predicted molar refractivity (Wildman–Crippen MR) is 87.8 cm³/mol. The highest BCUT2D eigenvalue weighted by Gasteiger charge is 2.15. The number of hydrogen-bond acceptors (Lipinski definition) is 1. The van der Waals surface area contributed by atoms with E-state index in [1.54, 1.807) is 36.2 Å². The Labute approximate surface area is 130 Å². The zero-order valence-corrected chi connectivity index (χ0v) is 13.1. The molecule has 114 valence electrons. The molecule has 1 amide bonds. The summed E-state index contributed by atoms with van der Waals surface area (Å²) in [6.07, 6.45) is 3.36. The molecule has 0 fully saturated rings. The third kappa shape index (κ3) is 4.04. The summed E-state index contributed by atoms with van der Waals surface area (Å²) in [5.74, 6) is -0.360. The molecule has 2 rings (SSSR count). The van der Waals surface area contributed by atoms with Crippen LogP contribution in [0.15, 0.2) is 54.6 Å². The van der Waals surface area contributed by atoms with Gasteiger partial charge in [0.25, 0.3) is 0 Å². The SMILES string of the molecule is Cc1ccc(/C=C/C(=O)N(C)C(C)c2ccc(F)cc2)cc1. The van der Waals surface area contributed by atoms with Crippen LogP contribution in [0.3, 0.4) is 0 Å². The molecule has 0 radical (unpaired) electrons. The Morgan fingerprint density at radius 2 is 1.68 bits per heavy atom. The Kier molecular flexibility index (Phi) is 5.10. The van der Waals surface area contributed by atoms with E-state index in [0.29, 0.717) is 0 Å². The second kappa shape index (κ2) is 7.03. The van der Waals surface area contributed by atoms with Crippen LogP contribution in [0.1, 0.15) is 29.7 Å². The molecule has 0 saturated carbocycles. The lowest BCUT2D eigenvalue weighted by Gasteiger charge is -2.24. The van der Waals surface area contributed by atoms with Crippen molar-refractivity contribution in [3.8, 4) is 0 Å². The van der Waals surface area contributed by atoms with Crippen LogP contribution in [0.5, 0.6) is 0 Å². The summed E-state index contributed by atoms with van der Waals surface area (Å²) in [5.41, 5.74) is 3.08. The molecule has 2 nitrogen and oxygen atoms in total. The average Bonchev–Trinajstić information content (AvgIpc) is 2.53. The number of halogens is 1. The number of carbonyl (C=O) groups excluding carboxylic acids is 1. The zero-order valence-electron chi connectivity index (χ0n) is 13.1. The predicted octanol–water partition coefficient (Wildman–Crippen LogP) is 4.37. The van der Waals surface area contributed by atoms with Crippen LogP contribution in [-0.4, -0.2) is 17.9 Å². The molecule has 0 spiro atoms. The number of rotatable bonds is 4. The Morgan fingerprint density at radius 3 is 2.27 bits per heavy atom. The number of aryl methyl sites for hydroxylation is 1. The first-order valence-electron chi connectivity index (χ1n) is 7.24. The van der Waals surface area contributed by atoms with E-state index in [-0.39, 0.29) is 17.8 Å². The maximum atomic E-state index is 13.0. The fraction of sp³-hybridized carbons (Fsp3) is 0.211. The Morgan fingerprint density at radius 1 is 1.09 bits per heavy atom.